The van der Waals surface area contributed by atoms with Gasteiger partial charge in [-0.3, -0.25) is 14.3 Å². The van der Waals surface area contributed by atoms with E-state index in [0.29, 0.717) is 5.92 Å². The molecule has 1 fully saturated rings. The van der Waals surface area contributed by atoms with Gasteiger partial charge in [-0.15, -0.1) is 5.10 Å². The normalized spacial score (nSPS) is 21.6. The largest absolute Gasteiger partial charge is 0.380 e. The van der Waals surface area contributed by atoms with Crippen molar-refractivity contribution in [2.24, 2.45) is 20.0 Å². The highest BCUT2D eigenvalue weighted by Gasteiger charge is 2.31. The third kappa shape index (κ3) is 3.30. The SMILES string of the molecule is Cn1cc(CN2Cc3nnn(C)c3C(COCC3CC3)C2)cn1. The molecule has 124 valence electrons. The third-order valence-electron chi connectivity index (χ3n) is 4.72. The Morgan fingerprint density at radius 1 is 1.26 bits per heavy atom. The fraction of sp³-hybridized carbons (Fsp3) is 0.688. The summed E-state index contributed by atoms with van der Waals surface area (Å²) in [6.07, 6.45) is 6.67. The Morgan fingerprint density at radius 3 is 2.87 bits per heavy atom. The van der Waals surface area contributed by atoms with Crippen molar-refractivity contribution in [1.82, 2.24) is 29.7 Å². The van der Waals surface area contributed by atoms with Crippen LogP contribution in [0.2, 0.25) is 0 Å². The van der Waals surface area contributed by atoms with Gasteiger partial charge in [0.1, 0.15) is 5.69 Å². The van der Waals surface area contributed by atoms with Crippen molar-refractivity contribution in [3.05, 3.63) is 29.3 Å². The molecule has 1 atom stereocenters. The Hall–Kier alpha value is -1.73. The van der Waals surface area contributed by atoms with E-state index in [0.717, 1.165) is 44.5 Å². The van der Waals surface area contributed by atoms with Crippen LogP contribution in [0, 0.1) is 5.92 Å². The molecule has 1 saturated carbocycles. The first-order valence-corrected chi connectivity index (χ1v) is 8.35. The summed E-state index contributed by atoms with van der Waals surface area (Å²) < 4.78 is 9.74. The van der Waals surface area contributed by atoms with Gasteiger partial charge >= 0.3 is 0 Å². The quantitative estimate of drug-likeness (QED) is 0.798. The summed E-state index contributed by atoms with van der Waals surface area (Å²) in [4.78, 5) is 2.42. The molecule has 0 radical (unpaired) electrons. The summed E-state index contributed by atoms with van der Waals surface area (Å²) >= 11 is 0. The Kier molecular flexibility index (Phi) is 3.90. The van der Waals surface area contributed by atoms with Gasteiger partial charge in [0.2, 0.25) is 0 Å². The number of rotatable bonds is 6. The number of nitrogens with zero attached hydrogens (tertiary/aromatic N) is 6. The van der Waals surface area contributed by atoms with Crippen LogP contribution in [0.3, 0.4) is 0 Å². The highest BCUT2D eigenvalue weighted by Crippen LogP contribution is 2.31. The van der Waals surface area contributed by atoms with Gasteiger partial charge in [0.25, 0.3) is 0 Å². The summed E-state index contributed by atoms with van der Waals surface area (Å²) in [5.41, 5.74) is 3.56. The molecule has 2 aliphatic rings. The number of fused-ring (bicyclic) bond motifs is 1. The van der Waals surface area contributed by atoms with Gasteiger partial charge in [0.05, 0.1) is 18.5 Å². The van der Waals surface area contributed by atoms with E-state index in [4.69, 9.17) is 4.74 Å². The molecular formula is C16H24N6O. The average molecular weight is 316 g/mol. The van der Waals surface area contributed by atoms with Crippen molar-refractivity contribution in [2.75, 3.05) is 19.8 Å². The van der Waals surface area contributed by atoms with Crippen LogP contribution < -0.4 is 0 Å². The predicted octanol–water partition coefficient (Wildman–Crippen LogP) is 1.07. The summed E-state index contributed by atoms with van der Waals surface area (Å²) in [6.45, 7) is 4.38. The lowest BCUT2D eigenvalue weighted by Gasteiger charge is -2.31. The maximum Gasteiger partial charge on any atom is 0.100 e. The topological polar surface area (TPSA) is 61.0 Å². The third-order valence-corrected chi connectivity index (χ3v) is 4.72. The van der Waals surface area contributed by atoms with Crippen molar-refractivity contribution in [2.45, 2.75) is 31.8 Å². The molecule has 23 heavy (non-hydrogen) atoms. The molecule has 7 heteroatoms. The van der Waals surface area contributed by atoms with Gasteiger partial charge in [-0.25, -0.2) is 0 Å². The summed E-state index contributed by atoms with van der Waals surface area (Å²) in [7, 11) is 3.94. The molecule has 4 rings (SSSR count). The van der Waals surface area contributed by atoms with E-state index >= 15 is 0 Å². The van der Waals surface area contributed by atoms with Crippen molar-refractivity contribution >= 4 is 0 Å². The second kappa shape index (κ2) is 6.05. The van der Waals surface area contributed by atoms with Crippen LogP contribution in [0.1, 0.15) is 35.7 Å². The molecule has 2 aromatic heterocycles. The minimum atomic E-state index is 0.342. The minimum Gasteiger partial charge on any atom is -0.380 e. The molecule has 1 aliphatic carbocycles. The molecule has 7 nitrogen and oxygen atoms in total. The Balaban J connectivity index is 1.45. The van der Waals surface area contributed by atoms with Crippen LogP contribution in [-0.2, 0) is 31.9 Å². The first kappa shape index (κ1) is 14.8. The zero-order valence-corrected chi connectivity index (χ0v) is 13.9. The number of aromatic nitrogens is 5. The molecule has 0 amide bonds. The number of ether oxygens (including phenoxy) is 1. The lowest BCUT2D eigenvalue weighted by Crippen LogP contribution is -2.36. The van der Waals surface area contributed by atoms with Gasteiger partial charge < -0.3 is 4.74 Å². The van der Waals surface area contributed by atoms with Crippen molar-refractivity contribution in [3.8, 4) is 0 Å². The summed E-state index contributed by atoms with van der Waals surface area (Å²) in [5, 5.41) is 12.8. The number of aryl methyl sites for hydroxylation is 2. The standard InChI is InChI=1S/C16H24N6O/c1-20-6-13(5-17-20)7-22-8-14(11-23-10-12-3-4-12)16-15(9-22)18-19-21(16)2/h5-6,12,14H,3-4,7-11H2,1-2H3. The van der Waals surface area contributed by atoms with Gasteiger partial charge in [-0.1, -0.05) is 5.21 Å². The van der Waals surface area contributed by atoms with E-state index < -0.39 is 0 Å². The van der Waals surface area contributed by atoms with Crippen LogP contribution in [0.25, 0.3) is 0 Å². The number of hydrogen-bond donors (Lipinski definition) is 0. The van der Waals surface area contributed by atoms with Gasteiger partial charge in [-0.2, -0.15) is 5.10 Å². The summed E-state index contributed by atoms with van der Waals surface area (Å²) in [5.74, 6) is 1.14. The van der Waals surface area contributed by atoms with E-state index in [-0.39, 0.29) is 0 Å². The van der Waals surface area contributed by atoms with Crippen molar-refractivity contribution in [3.63, 3.8) is 0 Å². The molecule has 0 spiro atoms. The fourth-order valence-electron chi connectivity index (χ4n) is 3.42. The fourth-order valence-corrected chi connectivity index (χ4v) is 3.42. The molecule has 0 N–H and O–H groups in total. The van der Waals surface area contributed by atoms with Crippen molar-refractivity contribution in [1.29, 1.82) is 0 Å². The highest BCUT2D eigenvalue weighted by atomic mass is 16.5. The van der Waals surface area contributed by atoms with Crippen LogP contribution in [0.15, 0.2) is 12.4 Å². The Labute approximate surface area is 136 Å². The average Bonchev–Trinajstić information content (AvgIpc) is 3.15. The van der Waals surface area contributed by atoms with Crippen molar-refractivity contribution < 1.29 is 4.74 Å². The Morgan fingerprint density at radius 2 is 2.13 bits per heavy atom. The molecule has 2 aromatic rings. The molecule has 1 unspecified atom stereocenters. The van der Waals surface area contributed by atoms with Gasteiger partial charge in [0, 0.05) is 58.0 Å². The second-order valence-corrected chi connectivity index (χ2v) is 6.91. The monoisotopic (exact) mass is 316 g/mol. The minimum absolute atomic E-state index is 0.342. The number of hydrogen-bond acceptors (Lipinski definition) is 5. The van der Waals surface area contributed by atoms with Crippen LogP contribution >= 0.6 is 0 Å². The molecular weight excluding hydrogens is 292 g/mol. The molecule has 0 aromatic carbocycles. The predicted molar refractivity (Wildman–Crippen MR) is 84.6 cm³/mol. The lowest BCUT2D eigenvalue weighted by molar-refractivity contribution is 0.0866. The zero-order valence-electron chi connectivity index (χ0n) is 13.9. The van der Waals surface area contributed by atoms with Gasteiger partial charge in [-0.05, 0) is 18.8 Å². The highest BCUT2D eigenvalue weighted by molar-refractivity contribution is 5.20. The van der Waals surface area contributed by atoms with E-state index in [1.165, 1.54) is 24.1 Å². The molecule has 0 saturated heterocycles. The van der Waals surface area contributed by atoms with Crippen LogP contribution in [0.4, 0.5) is 0 Å². The maximum absolute atomic E-state index is 5.97. The first-order valence-electron chi connectivity index (χ1n) is 8.35. The Bertz CT molecular complexity index is 674. The van der Waals surface area contributed by atoms with Crippen LogP contribution in [-0.4, -0.2) is 49.4 Å². The zero-order chi connectivity index (χ0) is 15.8. The first-order chi connectivity index (χ1) is 11.2. The summed E-state index contributed by atoms with van der Waals surface area (Å²) in [6, 6.07) is 0. The van der Waals surface area contributed by atoms with E-state index in [2.05, 4.69) is 26.5 Å². The van der Waals surface area contributed by atoms with E-state index in [1.54, 1.807) is 0 Å². The molecule has 0 bridgehead atoms. The maximum atomic E-state index is 5.97. The van der Waals surface area contributed by atoms with Crippen LogP contribution in [0.5, 0.6) is 0 Å². The molecule has 3 heterocycles. The second-order valence-electron chi connectivity index (χ2n) is 6.91. The smallest absolute Gasteiger partial charge is 0.100 e. The lowest BCUT2D eigenvalue weighted by atomic mass is 9.98. The van der Waals surface area contributed by atoms with E-state index in [1.807, 2.05) is 29.7 Å². The van der Waals surface area contributed by atoms with Gasteiger partial charge in [0.15, 0.2) is 0 Å². The molecule has 1 aliphatic heterocycles. The van der Waals surface area contributed by atoms with E-state index in [9.17, 15) is 0 Å².